The average Bonchev–Trinajstić information content (AvgIpc) is 3.02. The summed E-state index contributed by atoms with van der Waals surface area (Å²) in [5.74, 6) is -0.202. The zero-order valence-electron chi connectivity index (χ0n) is 13.9. The maximum atomic E-state index is 12.0. The fourth-order valence-electron chi connectivity index (χ4n) is 2.95. The van der Waals surface area contributed by atoms with Crippen molar-refractivity contribution in [2.75, 3.05) is 6.61 Å². The SMILES string of the molecule is CCOC(=O)c1cnc(C(C)=Cc2ccc3c(c2)CCC3)[nH]c1=O. The highest BCUT2D eigenvalue weighted by atomic mass is 16.5. The van der Waals surface area contributed by atoms with E-state index in [0.717, 1.165) is 24.0 Å². The van der Waals surface area contributed by atoms with Crippen molar-refractivity contribution in [3.05, 3.63) is 62.8 Å². The summed E-state index contributed by atoms with van der Waals surface area (Å²) in [5, 5.41) is 0. The van der Waals surface area contributed by atoms with Gasteiger partial charge in [0.2, 0.25) is 0 Å². The van der Waals surface area contributed by atoms with Gasteiger partial charge in [-0.3, -0.25) is 4.79 Å². The van der Waals surface area contributed by atoms with Crippen molar-refractivity contribution in [3.63, 3.8) is 0 Å². The predicted octanol–water partition coefficient (Wildman–Crippen LogP) is 3.00. The van der Waals surface area contributed by atoms with Crippen LogP contribution in [0.4, 0.5) is 0 Å². The van der Waals surface area contributed by atoms with Gasteiger partial charge in [-0.1, -0.05) is 18.2 Å². The zero-order chi connectivity index (χ0) is 17.1. The second-order valence-corrected chi connectivity index (χ2v) is 5.90. The standard InChI is InChI=1S/C19H20N2O3/c1-3-24-19(23)16-11-20-17(21-18(16)22)12(2)9-13-7-8-14-5-4-6-15(14)10-13/h7-11H,3-6H2,1-2H3,(H,20,21,22). The molecular weight excluding hydrogens is 304 g/mol. The molecule has 0 radical (unpaired) electrons. The largest absolute Gasteiger partial charge is 0.462 e. The molecule has 1 aliphatic rings. The van der Waals surface area contributed by atoms with Crippen molar-refractivity contribution in [3.8, 4) is 0 Å². The average molecular weight is 324 g/mol. The molecule has 0 spiro atoms. The molecule has 5 heteroatoms. The van der Waals surface area contributed by atoms with Gasteiger partial charge in [0.15, 0.2) is 0 Å². The first-order valence-electron chi connectivity index (χ1n) is 8.15. The van der Waals surface area contributed by atoms with Crippen molar-refractivity contribution in [2.24, 2.45) is 0 Å². The highest BCUT2D eigenvalue weighted by Crippen LogP contribution is 2.24. The summed E-state index contributed by atoms with van der Waals surface area (Å²) in [5.41, 5.74) is 4.18. The second kappa shape index (κ2) is 6.83. The molecule has 0 saturated heterocycles. The van der Waals surface area contributed by atoms with E-state index in [2.05, 4.69) is 28.2 Å². The molecule has 1 aliphatic carbocycles. The van der Waals surface area contributed by atoms with E-state index >= 15 is 0 Å². The molecule has 1 N–H and O–H groups in total. The monoisotopic (exact) mass is 324 g/mol. The minimum atomic E-state index is -0.655. The van der Waals surface area contributed by atoms with Crippen LogP contribution in [-0.2, 0) is 17.6 Å². The van der Waals surface area contributed by atoms with Crippen LogP contribution in [0.2, 0.25) is 0 Å². The molecule has 1 heterocycles. The van der Waals surface area contributed by atoms with E-state index in [1.807, 2.05) is 13.0 Å². The quantitative estimate of drug-likeness (QED) is 0.878. The number of hydrogen-bond acceptors (Lipinski definition) is 4. The summed E-state index contributed by atoms with van der Waals surface area (Å²) in [7, 11) is 0. The summed E-state index contributed by atoms with van der Waals surface area (Å²) in [6.07, 6.45) is 6.75. The van der Waals surface area contributed by atoms with E-state index in [9.17, 15) is 9.59 Å². The number of nitrogens with zero attached hydrogens (tertiary/aromatic N) is 1. The van der Waals surface area contributed by atoms with Crippen LogP contribution in [0.25, 0.3) is 11.6 Å². The molecule has 2 aromatic rings. The number of nitrogens with one attached hydrogen (secondary N) is 1. The van der Waals surface area contributed by atoms with Crippen LogP contribution in [0, 0.1) is 0 Å². The molecule has 0 saturated carbocycles. The number of hydrogen-bond donors (Lipinski definition) is 1. The number of rotatable bonds is 4. The number of ether oxygens (including phenoxy) is 1. The third-order valence-corrected chi connectivity index (χ3v) is 4.17. The van der Waals surface area contributed by atoms with Crippen molar-refractivity contribution in [2.45, 2.75) is 33.1 Å². The lowest BCUT2D eigenvalue weighted by Crippen LogP contribution is -2.21. The molecule has 0 amide bonds. The van der Waals surface area contributed by atoms with Crippen LogP contribution >= 0.6 is 0 Å². The summed E-state index contributed by atoms with van der Waals surface area (Å²) < 4.78 is 4.83. The van der Waals surface area contributed by atoms with E-state index in [0.29, 0.717) is 5.82 Å². The molecule has 0 atom stereocenters. The topological polar surface area (TPSA) is 72.0 Å². The van der Waals surface area contributed by atoms with Gasteiger partial charge < -0.3 is 9.72 Å². The molecule has 0 unspecified atom stereocenters. The van der Waals surface area contributed by atoms with Crippen LogP contribution in [-0.4, -0.2) is 22.5 Å². The maximum Gasteiger partial charge on any atom is 0.345 e. The minimum absolute atomic E-state index is 0.0778. The maximum absolute atomic E-state index is 12.0. The lowest BCUT2D eigenvalue weighted by molar-refractivity contribution is 0.0523. The zero-order valence-corrected chi connectivity index (χ0v) is 13.9. The molecule has 124 valence electrons. The van der Waals surface area contributed by atoms with E-state index in [1.54, 1.807) is 6.92 Å². The number of H-pyrrole nitrogens is 1. The van der Waals surface area contributed by atoms with Crippen LogP contribution < -0.4 is 5.56 Å². The number of aryl methyl sites for hydroxylation is 2. The van der Waals surface area contributed by atoms with Crippen LogP contribution in [0.5, 0.6) is 0 Å². The lowest BCUT2D eigenvalue weighted by atomic mass is 10.0. The van der Waals surface area contributed by atoms with Crippen LogP contribution in [0.3, 0.4) is 0 Å². The molecule has 5 nitrogen and oxygen atoms in total. The van der Waals surface area contributed by atoms with E-state index in [-0.39, 0.29) is 12.2 Å². The van der Waals surface area contributed by atoms with Crippen molar-refractivity contribution >= 4 is 17.6 Å². The van der Waals surface area contributed by atoms with Crippen molar-refractivity contribution in [1.29, 1.82) is 0 Å². The Labute approximate surface area is 140 Å². The highest BCUT2D eigenvalue weighted by Gasteiger charge is 2.14. The van der Waals surface area contributed by atoms with Gasteiger partial charge in [-0.2, -0.15) is 0 Å². The third kappa shape index (κ3) is 3.30. The van der Waals surface area contributed by atoms with E-state index < -0.39 is 11.5 Å². The summed E-state index contributed by atoms with van der Waals surface area (Å²) in [6.45, 7) is 3.80. The van der Waals surface area contributed by atoms with Crippen LogP contribution in [0.1, 0.15) is 53.1 Å². The number of allylic oxidation sites excluding steroid dienone is 1. The highest BCUT2D eigenvalue weighted by molar-refractivity contribution is 5.88. The Bertz CT molecular complexity index is 865. The number of aromatic nitrogens is 2. The Morgan fingerprint density at radius 2 is 2.12 bits per heavy atom. The Kier molecular flexibility index (Phi) is 4.60. The first kappa shape index (κ1) is 16.2. The third-order valence-electron chi connectivity index (χ3n) is 4.17. The van der Waals surface area contributed by atoms with E-state index in [4.69, 9.17) is 4.74 Å². The van der Waals surface area contributed by atoms with Crippen molar-refractivity contribution < 1.29 is 9.53 Å². The minimum Gasteiger partial charge on any atom is -0.462 e. The smallest absolute Gasteiger partial charge is 0.345 e. The van der Waals surface area contributed by atoms with Gasteiger partial charge in [-0.05, 0) is 61.4 Å². The molecule has 0 fully saturated rings. The predicted molar refractivity (Wildman–Crippen MR) is 92.8 cm³/mol. The molecule has 1 aromatic heterocycles. The summed E-state index contributed by atoms with van der Waals surface area (Å²) in [4.78, 5) is 30.5. The molecule has 0 aliphatic heterocycles. The Morgan fingerprint density at radius 1 is 1.33 bits per heavy atom. The molecular formula is C19H20N2O3. The fourth-order valence-corrected chi connectivity index (χ4v) is 2.95. The number of benzene rings is 1. The molecule has 24 heavy (non-hydrogen) atoms. The summed E-state index contributed by atoms with van der Waals surface area (Å²) in [6, 6.07) is 6.44. The van der Waals surface area contributed by atoms with Gasteiger partial charge in [0.05, 0.1) is 6.61 Å². The summed E-state index contributed by atoms with van der Waals surface area (Å²) >= 11 is 0. The molecule has 0 bridgehead atoms. The van der Waals surface area contributed by atoms with E-state index in [1.165, 1.54) is 23.7 Å². The number of aromatic amines is 1. The Balaban J connectivity index is 1.87. The number of carbonyl (C=O) groups excluding carboxylic acids is 1. The van der Waals surface area contributed by atoms with Crippen LogP contribution in [0.15, 0.2) is 29.2 Å². The Hall–Kier alpha value is -2.69. The fraction of sp³-hybridized carbons (Fsp3) is 0.316. The number of fused-ring (bicyclic) bond motifs is 1. The van der Waals surface area contributed by atoms with Gasteiger partial charge in [0.25, 0.3) is 5.56 Å². The first-order valence-corrected chi connectivity index (χ1v) is 8.15. The normalized spacial score (nSPS) is 13.7. The van der Waals surface area contributed by atoms with Gasteiger partial charge in [-0.25, -0.2) is 9.78 Å². The second-order valence-electron chi connectivity index (χ2n) is 5.90. The van der Waals surface area contributed by atoms with Gasteiger partial charge in [0.1, 0.15) is 11.4 Å². The molecule has 3 rings (SSSR count). The van der Waals surface area contributed by atoms with Crippen molar-refractivity contribution in [1.82, 2.24) is 9.97 Å². The first-order chi connectivity index (χ1) is 11.6. The Morgan fingerprint density at radius 3 is 2.88 bits per heavy atom. The van der Waals surface area contributed by atoms with Gasteiger partial charge >= 0.3 is 5.97 Å². The lowest BCUT2D eigenvalue weighted by Gasteiger charge is -2.05. The number of esters is 1. The van der Waals surface area contributed by atoms with Gasteiger partial charge in [0, 0.05) is 6.20 Å². The number of carbonyl (C=O) groups is 1. The van der Waals surface area contributed by atoms with Gasteiger partial charge in [-0.15, -0.1) is 0 Å². The molecule has 1 aromatic carbocycles.